The van der Waals surface area contributed by atoms with Gasteiger partial charge in [0.05, 0.1) is 26.6 Å². The molecule has 0 atom stereocenters. The van der Waals surface area contributed by atoms with Crippen molar-refractivity contribution in [1.29, 1.82) is 0 Å². The van der Waals surface area contributed by atoms with E-state index in [-0.39, 0.29) is 0 Å². The Labute approximate surface area is 166 Å². The van der Waals surface area contributed by atoms with Crippen LogP contribution in [0.25, 0.3) is 20.4 Å². The van der Waals surface area contributed by atoms with Crippen molar-refractivity contribution in [2.45, 2.75) is 9.43 Å². The molecule has 1 N–H and O–H groups in total. The maximum atomic E-state index is 5.80. The van der Waals surface area contributed by atoms with Gasteiger partial charge in [0.25, 0.3) is 0 Å². The molecule has 0 bridgehead atoms. The minimum Gasteiger partial charge on any atom is -0.448 e. The summed E-state index contributed by atoms with van der Waals surface area (Å²) in [4.78, 5) is 9.09. The number of hydrogen-bond acceptors (Lipinski definition) is 8. The van der Waals surface area contributed by atoms with E-state index in [1.54, 1.807) is 28.9 Å². The zero-order chi connectivity index (χ0) is 18.1. The Hall–Kier alpha value is -2.68. The lowest BCUT2D eigenvalue weighted by Crippen LogP contribution is -1.88. The maximum absolute atomic E-state index is 5.80. The number of hydrazone groups is 1. The van der Waals surface area contributed by atoms with Crippen molar-refractivity contribution in [2.24, 2.45) is 5.10 Å². The number of hydrogen-bond donors (Lipinski definition) is 1. The number of anilines is 1. The number of fused-ring (bicyclic) bond motifs is 2. The van der Waals surface area contributed by atoms with Gasteiger partial charge in [-0.3, -0.25) is 5.43 Å². The molecule has 0 fully saturated rings. The van der Waals surface area contributed by atoms with Gasteiger partial charge in [0.1, 0.15) is 5.76 Å². The van der Waals surface area contributed by atoms with Crippen molar-refractivity contribution in [2.75, 3.05) is 5.43 Å². The smallest absolute Gasteiger partial charge is 0.204 e. The van der Waals surface area contributed by atoms with Crippen LogP contribution in [0, 0.1) is 0 Å². The first-order valence-corrected chi connectivity index (χ1v) is 10.6. The van der Waals surface area contributed by atoms with Crippen molar-refractivity contribution in [3.05, 3.63) is 66.4 Å². The van der Waals surface area contributed by atoms with Gasteiger partial charge >= 0.3 is 0 Å². The monoisotopic (exact) mass is 408 g/mol. The molecule has 3 aromatic heterocycles. The number of aromatic nitrogens is 2. The molecule has 5 aromatic rings. The molecule has 0 aliphatic carbocycles. The number of rotatable bonds is 5. The third-order valence-electron chi connectivity index (χ3n) is 3.71. The molecular weight excluding hydrogens is 396 g/mol. The van der Waals surface area contributed by atoms with E-state index in [4.69, 9.17) is 4.42 Å². The number of para-hydroxylation sites is 2. The van der Waals surface area contributed by atoms with Crippen molar-refractivity contribution >= 4 is 66.2 Å². The van der Waals surface area contributed by atoms with E-state index in [9.17, 15) is 0 Å². The first-order chi connectivity index (χ1) is 13.3. The van der Waals surface area contributed by atoms with Crippen LogP contribution in [0.4, 0.5) is 5.13 Å². The highest BCUT2D eigenvalue weighted by Gasteiger charge is 2.08. The summed E-state index contributed by atoms with van der Waals surface area (Å²) in [6.45, 7) is 0. The molecule has 5 rings (SSSR count). The number of nitrogens with one attached hydrogen (secondary N) is 1. The Morgan fingerprint density at radius 3 is 2.41 bits per heavy atom. The van der Waals surface area contributed by atoms with Gasteiger partial charge in [-0.2, -0.15) is 5.10 Å². The average molecular weight is 409 g/mol. The van der Waals surface area contributed by atoms with E-state index in [1.807, 2.05) is 54.6 Å². The Balaban J connectivity index is 1.26. The van der Waals surface area contributed by atoms with Crippen LogP contribution < -0.4 is 5.43 Å². The van der Waals surface area contributed by atoms with Crippen LogP contribution in [0.5, 0.6) is 0 Å². The standard InChI is InChI=1S/C19H12N4OS3/c1-3-7-15-13(5-1)21-18(25-15)23-20-11-12-9-10-17(24-12)27-19-22-14-6-2-4-8-16(14)26-19/h1-11H,(H,21,23)/b20-11+. The summed E-state index contributed by atoms with van der Waals surface area (Å²) < 4.78 is 9.07. The average Bonchev–Trinajstić information content (AvgIpc) is 3.39. The zero-order valence-electron chi connectivity index (χ0n) is 13.8. The third kappa shape index (κ3) is 3.59. The molecule has 0 unspecified atom stereocenters. The third-order valence-corrected chi connectivity index (χ3v) is 6.67. The van der Waals surface area contributed by atoms with Gasteiger partial charge in [-0.15, -0.1) is 11.3 Å². The molecule has 5 nitrogen and oxygen atoms in total. The first kappa shape index (κ1) is 16.5. The molecule has 8 heteroatoms. The van der Waals surface area contributed by atoms with Gasteiger partial charge in [-0.1, -0.05) is 35.6 Å². The van der Waals surface area contributed by atoms with E-state index < -0.39 is 0 Å². The van der Waals surface area contributed by atoms with Crippen molar-refractivity contribution in [1.82, 2.24) is 9.97 Å². The number of thiazole rings is 2. The maximum Gasteiger partial charge on any atom is 0.204 e. The Morgan fingerprint density at radius 1 is 0.889 bits per heavy atom. The van der Waals surface area contributed by atoms with Gasteiger partial charge < -0.3 is 4.42 Å². The molecular formula is C19H12N4OS3. The van der Waals surface area contributed by atoms with E-state index in [0.29, 0.717) is 5.76 Å². The van der Waals surface area contributed by atoms with Crippen LogP contribution in [0.15, 0.2) is 79.6 Å². The minimum absolute atomic E-state index is 0.673. The van der Waals surface area contributed by atoms with E-state index in [1.165, 1.54) is 16.5 Å². The quantitative estimate of drug-likeness (QED) is 0.281. The second-order valence-corrected chi connectivity index (χ2v) is 8.88. The van der Waals surface area contributed by atoms with Crippen molar-refractivity contribution in [3.63, 3.8) is 0 Å². The van der Waals surface area contributed by atoms with Gasteiger partial charge in [0.15, 0.2) is 9.43 Å². The van der Waals surface area contributed by atoms with Crippen LogP contribution in [0.3, 0.4) is 0 Å². The molecule has 0 aliphatic rings. The summed E-state index contributed by atoms with van der Waals surface area (Å²) >= 11 is 4.74. The predicted octanol–water partition coefficient (Wildman–Crippen LogP) is 6.10. The summed E-state index contributed by atoms with van der Waals surface area (Å²) in [5.74, 6) is 0.673. The number of furan rings is 1. The summed E-state index contributed by atoms with van der Waals surface area (Å²) in [7, 11) is 0. The minimum atomic E-state index is 0.673. The fraction of sp³-hybridized carbons (Fsp3) is 0. The second kappa shape index (κ2) is 7.15. The molecule has 27 heavy (non-hydrogen) atoms. The van der Waals surface area contributed by atoms with Crippen LogP contribution in [-0.4, -0.2) is 16.2 Å². The molecule has 3 heterocycles. The molecule has 0 saturated carbocycles. The normalized spacial score (nSPS) is 11.7. The van der Waals surface area contributed by atoms with E-state index in [2.05, 4.69) is 26.6 Å². The highest BCUT2D eigenvalue weighted by Crippen LogP contribution is 2.35. The van der Waals surface area contributed by atoms with Gasteiger partial charge in [-0.25, -0.2) is 9.97 Å². The Bertz CT molecular complexity index is 1190. The highest BCUT2D eigenvalue weighted by molar-refractivity contribution is 8.01. The Morgan fingerprint density at radius 2 is 1.63 bits per heavy atom. The van der Waals surface area contributed by atoms with Crippen LogP contribution >= 0.6 is 34.4 Å². The number of nitrogens with zero attached hydrogens (tertiary/aromatic N) is 3. The molecule has 0 saturated heterocycles. The van der Waals surface area contributed by atoms with E-state index >= 15 is 0 Å². The van der Waals surface area contributed by atoms with Gasteiger partial charge in [-0.05, 0) is 48.2 Å². The largest absolute Gasteiger partial charge is 0.448 e. The molecule has 0 aliphatic heterocycles. The zero-order valence-corrected chi connectivity index (χ0v) is 16.3. The topological polar surface area (TPSA) is 63.3 Å². The summed E-state index contributed by atoms with van der Waals surface area (Å²) in [5, 5.41) is 5.76. The highest BCUT2D eigenvalue weighted by atomic mass is 32.2. The fourth-order valence-electron chi connectivity index (χ4n) is 2.51. The molecule has 132 valence electrons. The van der Waals surface area contributed by atoms with Crippen LogP contribution in [0.2, 0.25) is 0 Å². The lowest BCUT2D eigenvalue weighted by Gasteiger charge is -1.92. The summed E-state index contributed by atoms with van der Waals surface area (Å²) in [6, 6.07) is 19.9. The van der Waals surface area contributed by atoms with Crippen molar-refractivity contribution < 1.29 is 4.42 Å². The second-order valence-electron chi connectivity index (χ2n) is 5.56. The first-order valence-electron chi connectivity index (χ1n) is 8.11. The molecule has 2 aromatic carbocycles. The fourth-order valence-corrected chi connectivity index (χ4v) is 5.30. The van der Waals surface area contributed by atoms with Gasteiger partial charge in [0.2, 0.25) is 5.13 Å². The van der Waals surface area contributed by atoms with Gasteiger partial charge in [0, 0.05) is 0 Å². The SMILES string of the molecule is C(=N\Nc1nc2ccccc2s1)/c1ccc(Sc2nc3ccccc3s2)o1. The van der Waals surface area contributed by atoms with E-state index in [0.717, 1.165) is 30.3 Å². The molecule has 0 radical (unpaired) electrons. The van der Waals surface area contributed by atoms with Crippen molar-refractivity contribution in [3.8, 4) is 0 Å². The summed E-state index contributed by atoms with van der Waals surface area (Å²) in [5.41, 5.74) is 4.94. The predicted molar refractivity (Wildman–Crippen MR) is 113 cm³/mol. The van der Waals surface area contributed by atoms with Crippen LogP contribution in [0.1, 0.15) is 5.76 Å². The lowest BCUT2D eigenvalue weighted by atomic mass is 10.3. The molecule has 0 spiro atoms. The molecule has 0 amide bonds. The lowest BCUT2D eigenvalue weighted by molar-refractivity contribution is 0.469. The number of benzene rings is 2. The Kier molecular flexibility index (Phi) is 4.36. The summed E-state index contributed by atoms with van der Waals surface area (Å²) in [6.07, 6.45) is 1.65. The van der Waals surface area contributed by atoms with Crippen LogP contribution in [-0.2, 0) is 0 Å².